The average molecular weight is 413 g/mol. The summed E-state index contributed by atoms with van der Waals surface area (Å²) in [4.78, 5) is 18.2. The molecule has 1 saturated heterocycles. The van der Waals surface area contributed by atoms with E-state index in [0.29, 0.717) is 6.04 Å². The van der Waals surface area contributed by atoms with Crippen molar-refractivity contribution in [1.82, 2.24) is 18.9 Å². The van der Waals surface area contributed by atoms with E-state index in [0.717, 1.165) is 56.0 Å². The Morgan fingerprint density at radius 1 is 0.900 bits per heavy atom. The standard InChI is InChI=1S/C25H40N4O/c1-26(2)18-19-28-23-12-8-9-13-24(23)29(25(28)30)22-14-16-27(17-15-22)20-21-10-6-4-3-5-7-11-21/h8-9,12-13,21-22H,3-7,10-11,14-20H2,1-2H3. The predicted octanol–water partition coefficient (Wildman–Crippen LogP) is 4.36. The molecule has 1 aromatic carbocycles. The van der Waals surface area contributed by atoms with E-state index in [-0.39, 0.29) is 5.69 Å². The van der Waals surface area contributed by atoms with Crippen molar-refractivity contribution in [2.45, 2.75) is 70.4 Å². The molecule has 1 aromatic heterocycles. The highest BCUT2D eigenvalue weighted by Crippen LogP contribution is 2.28. The van der Waals surface area contributed by atoms with E-state index in [4.69, 9.17) is 0 Å². The number of benzene rings is 1. The quantitative estimate of drug-likeness (QED) is 0.707. The SMILES string of the molecule is CN(C)CCn1c(=O)n(C2CCN(CC3CCCCCCC3)CC2)c2ccccc21. The highest BCUT2D eigenvalue weighted by molar-refractivity contribution is 5.76. The van der Waals surface area contributed by atoms with Crippen LogP contribution >= 0.6 is 0 Å². The number of hydrogen-bond acceptors (Lipinski definition) is 3. The van der Waals surface area contributed by atoms with Gasteiger partial charge >= 0.3 is 5.69 Å². The molecule has 2 heterocycles. The van der Waals surface area contributed by atoms with Gasteiger partial charge in [0, 0.05) is 38.8 Å². The van der Waals surface area contributed by atoms with E-state index in [1.807, 2.05) is 4.57 Å². The number of likely N-dealkylation sites (tertiary alicyclic amines) is 1. The van der Waals surface area contributed by atoms with E-state index < -0.39 is 0 Å². The zero-order valence-corrected chi connectivity index (χ0v) is 19.1. The van der Waals surface area contributed by atoms with Crippen molar-refractivity contribution >= 4 is 11.0 Å². The van der Waals surface area contributed by atoms with Gasteiger partial charge < -0.3 is 9.80 Å². The summed E-state index contributed by atoms with van der Waals surface area (Å²) in [6.07, 6.45) is 12.2. The number of nitrogens with zero attached hydrogens (tertiary/aromatic N) is 4. The maximum Gasteiger partial charge on any atom is 0.329 e. The largest absolute Gasteiger partial charge is 0.329 e. The van der Waals surface area contributed by atoms with Crippen LogP contribution in [-0.2, 0) is 6.54 Å². The number of rotatable bonds is 6. The minimum Gasteiger partial charge on any atom is -0.308 e. The van der Waals surface area contributed by atoms with Crippen LogP contribution in [0.3, 0.4) is 0 Å². The lowest BCUT2D eigenvalue weighted by atomic mass is 9.90. The number of likely N-dealkylation sites (N-methyl/N-ethyl adjacent to an activating group) is 1. The summed E-state index contributed by atoms with van der Waals surface area (Å²) in [5.74, 6) is 0.887. The normalized spacial score (nSPS) is 20.6. The van der Waals surface area contributed by atoms with Gasteiger partial charge in [-0.05, 0) is 57.8 Å². The van der Waals surface area contributed by atoms with Gasteiger partial charge in [-0.1, -0.05) is 44.2 Å². The summed E-state index contributed by atoms with van der Waals surface area (Å²) in [6, 6.07) is 8.68. The Kier molecular flexibility index (Phi) is 7.32. The molecular formula is C25H40N4O. The fourth-order valence-electron chi connectivity index (χ4n) is 5.55. The Bertz CT molecular complexity index is 852. The van der Waals surface area contributed by atoms with Gasteiger partial charge in [-0.15, -0.1) is 0 Å². The van der Waals surface area contributed by atoms with Crippen molar-refractivity contribution in [3.8, 4) is 0 Å². The van der Waals surface area contributed by atoms with Crippen LogP contribution in [-0.4, -0.2) is 59.2 Å². The third-order valence-electron chi connectivity index (χ3n) is 7.30. The molecule has 2 aromatic rings. The molecule has 1 aliphatic heterocycles. The molecule has 0 amide bonds. The van der Waals surface area contributed by atoms with Crippen molar-refractivity contribution in [2.75, 3.05) is 40.3 Å². The van der Waals surface area contributed by atoms with Crippen LogP contribution in [0.5, 0.6) is 0 Å². The van der Waals surface area contributed by atoms with E-state index in [2.05, 4.69) is 52.7 Å². The Balaban J connectivity index is 1.44. The average Bonchev–Trinajstić information content (AvgIpc) is 3.00. The van der Waals surface area contributed by atoms with E-state index >= 15 is 0 Å². The highest BCUT2D eigenvalue weighted by Gasteiger charge is 2.26. The second-order valence-electron chi connectivity index (χ2n) is 9.84. The van der Waals surface area contributed by atoms with E-state index in [1.54, 1.807) is 0 Å². The lowest BCUT2D eigenvalue weighted by molar-refractivity contribution is 0.151. The summed E-state index contributed by atoms with van der Waals surface area (Å²) in [5.41, 5.74) is 2.37. The molecule has 0 bridgehead atoms. The zero-order valence-electron chi connectivity index (χ0n) is 19.1. The van der Waals surface area contributed by atoms with Crippen LogP contribution in [0.1, 0.15) is 63.8 Å². The van der Waals surface area contributed by atoms with Crippen molar-refractivity contribution in [2.24, 2.45) is 5.92 Å². The van der Waals surface area contributed by atoms with Crippen LogP contribution in [0.2, 0.25) is 0 Å². The summed E-state index contributed by atoms with van der Waals surface area (Å²) < 4.78 is 4.09. The Morgan fingerprint density at radius 2 is 1.53 bits per heavy atom. The van der Waals surface area contributed by atoms with Gasteiger partial charge in [-0.3, -0.25) is 9.13 Å². The third kappa shape index (κ3) is 5.00. The molecule has 1 aliphatic carbocycles. The molecule has 2 aliphatic rings. The Hall–Kier alpha value is -1.59. The predicted molar refractivity (Wildman–Crippen MR) is 125 cm³/mol. The molecule has 5 heteroatoms. The molecule has 0 unspecified atom stereocenters. The van der Waals surface area contributed by atoms with Gasteiger partial charge in [-0.2, -0.15) is 0 Å². The summed E-state index contributed by atoms with van der Waals surface area (Å²) in [7, 11) is 4.13. The van der Waals surface area contributed by atoms with E-state index in [9.17, 15) is 4.79 Å². The van der Waals surface area contributed by atoms with Crippen LogP contribution in [0.25, 0.3) is 11.0 Å². The van der Waals surface area contributed by atoms with Gasteiger partial charge in [0.2, 0.25) is 0 Å². The first kappa shape index (κ1) is 21.6. The fourth-order valence-corrected chi connectivity index (χ4v) is 5.55. The van der Waals surface area contributed by atoms with Crippen molar-refractivity contribution in [1.29, 1.82) is 0 Å². The molecule has 166 valence electrons. The fraction of sp³-hybridized carbons (Fsp3) is 0.720. The number of fused-ring (bicyclic) bond motifs is 1. The Labute approximate surface area is 181 Å². The Morgan fingerprint density at radius 3 is 2.20 bits per heavy atom. The van der Waals surface area contributed by atoms with Crippen LogP contribution in [0, 0.1) is 5.92 Å². The number of para-hydroxylation sites is 2. The van der Waals surface area contributed by atoms with E-state index in [1.165, 1.54) is 51.5 Å². The smallest absolute Gasteiger partial charge is 0.308 e. The summed E-state index contributed by atoms with van der Waals surface area (Å²) in [5, 5.41) is 0. The minimum absolute atomic E-state index is 0.177. The third-order valence-corrected chi connectivity index (χ3v) is 7.30. The first-order valence-electron chi connectivity index (χ1n) is 12.2. The van der Waals surface area contributed by atoms with Crippen LogP contribution in [0.4, 0.5) is 0 Å². The zero-order chi connectivity index (χ0) is 20.9. The maximum atomic E-state index is 13.4. The number of aromatic nitrogens is 2. The second kappa shape index (κ2) is 10.1. The van der Waals surface area contributed by atoms with Crippen molar-refractivity contribution in [3.05, 3.63) is 34.7 Å². The molecule has 0 atom stereocenters. The molecule has 30 heavy (non-hydrogen) atoms. The van der Waals surface area contributed by atoms with Gasteiger partial charge in [-0.25, -0.2) is 4.79 Å². The number of hydrogen-bond donors (Lipinski definition) is 0. The van der Waals surface area contributed by atoms with Gasteiger partial charge in [0.25, 0.3) is 0 Å². The number of piperidine rings is 1. The number of imidazole rings is 1. The first-order chi connectivity index (χ1) is 14.6. The van der Waals surface area contributed by atoms with Crippen LogP contribution in [0.15, 0.2) is 29.1 Å². The molecule has 0 radical (unpaired) electrons. The first-order valence-corrected chi connectivity index (χ1v) is 12.2. The molecule has 0 N–H and O–H groups in total. The maximum absolute atomic E-state index is 13.4. The molecule has 4 rings (SSSR count). The molecular weight excluding hydrogens is 372 g/mol. The molecule has 2 fully saturated rings. The lowest BCUT2D eigenvalue weighted by Crippen LogP contribution is -2.40. The highest BCUT2D eigenvalue weighted by atomic mass is 16.1. The second-order valence-corrected chi connectivity index (χ2v) is 9.84. The summed E-state index contributed by atoms with van der Waals surface area (Å²) in [6.45, 7) is 5.16. The minimum atomic E-state index is 0.177. The molecule has 5 nitrogen and oxygen atoms in total. The van der Waals surface area contributed by atoms with Crippen molar-refractivity contribution in [3.63, 3.8) is 0 Å². The topological polar surface area (TPSA) is 33.4 Å². The monoisotopic (exact) mass is 412 g/mol. The lowest BCUT2D eigenvalue weighted by Gasteiger charge is -2.35. The van der Waals surface area contributed by atoms with Gasteiger partial charge in [0.05, 0.1) is 11.0 Å². The van der Waals surface area contributed by atoms with Crippen molar-refractivity contribution < 1.29 is 0 Å². The van der Waals surface area contributed by atoms with Gasteiger partial charge in [0.15, 0.2) is 0 Å². The summed E-state index contributed by atoms with van der Waals surface area (Å²) >= 11 is 0. The molecule has 0 spiro atoms. The van der Waals surface area contributed by atoms with Gasteiger partial charge in [0.1, 0.15) is 0 Å². The molecule has 1 saturated carbocycles. The van der Waals surface area contributed by atoms with Crippen LogP contribution < -0.4 is 5.69 Å².